The zero-order valence-electron chi connectivity index (χ0n) is 10.6. The lowest BCUT2D eigenvalue weighted by Gasteiger charge is -2.09. The predicted octanol–water partition coefficient (Wildman–Crippen LogP) is 0.795. The molecule has 3 N–H and O–H groups in total. The number of tetrazole rings is 1. The number of nitrogens with one attached hydrogen (secondary N) is 1. The Morgan fingerprint density at radius 1 is 1.53 bits per heavy atom. The minimum Gasteiger partial charge on any atom is -0.496 e. The van der Waals surface area contributed by atoms with Gasteiger partial charge in [-0.15, -0.1) is 5.10 Å². The number of benzene rings is 1. The van der Waals surface area contributed by atoms with Crippen LogP contribution in [-0.4, -0.2) is 33.2 Å². The van der Waals surface area contributed by atoms with Crippen molar-refractivity contribution in [3.63, 3.8) is 0 Å². The molecule has 2 rings (SSSR count). The predicted molar refractivity (Wildman–Crippen MR) is 72.4 cm³/mol. The van der Waals surface area contributed by atoms with E-state index in [-0.39, 0.29) is 5.84 Å². The third kappa shape index (κ3) is 3.02. The molecule has 2 aromatic rings. The van der Waals surface area contributed by atoms with E-state index in [1.165, 1.54) is 11.8 Å². The number of rotatable bonds is 5. The fraction of sp³-hybridized carbons (Fsp3) is 0.273. The van der Waals surface area contributed by atoms with Crippen molar-refractivity contribution in [2.45, 2.75) is 10.9 Å². The highest BCUT2D eigenvalue weighted by atomic mass is 32.2. The Morgan fingerprint density at radius 3 is 2.89 bits per heavy atom. The van der Waals surface area contributed by atoms with Gasteiger partial charge in [-0.3, -0.25) is 5.41 Å². The number of aromatic nitrogens is 4. The van der Waals surface area contributed by atoms with Gasteiger partial charge in [0.05, 0.1) is 12.7 Å². The molecule has 7 nitrogen and oxygen atoms in total. The van der Waals surface area contributed by atoms with Gasteiger partial charge in [0.25, 0.3) is 0 Å². The summed E-state index contributed by atoms with van der Waals surface area (Å²) in [6, 6.07) is 5.57. The van der Waals surface area contributed by atoms with Crippen molar-refractivity contribution in [2.24, 2.45) is 12.8 Å². The third-order valence-electron chi connectivity index (χ3n) is 2.51. The van der Waals surface area contributed by atoms with E-state index in [1.807, 2.05) is 12.1 Å². The summed E-state index contributed by atoms with van der Waals surface area (Å²) in [6.45, 7) is 0. The molecule has 0 radical (unpaired) electrons. The first-order chi connectivity index (χ1) is 9.11. The van der Waals surface area contributed by atoms with Crippen LogP contribution in [0.2, 0.25) is 0 Å². The summed E-state index contributed by atoms with van der Waals surface area (Å²) in [4.78, 5) is 0. The molecule has 1 heterocycles. The Bertz CT molecular complexity index is 597. The molecule has 0 amide bonds. The zero-order chi connectivity index (χ0) is 13.8. The highest BCUT2D eigenvalue weighted by Crippen LogP contribution is 2.24. The Kier molecular flexibility index (Phi) is 4.00. The zero-order valence-corrected chi connectivity index (χ0v) is 11.4. The average Bonchev–Trinajstić information content (AvgIpc) is 2.81. The molecule has 1 aromatic heterocycles. The van der Waals surface area contributed by atoms with Crippen LogP contribution in [-0.2, 0) is 12.8 Å². The number of nitrogen functional groups attached to an aromatic ring is 1. The van der Waals surface area contributed by atoms with Crippen LogP contribution in [0.4, 0.5) is 0 Å². The number of aryl methyl sites for hydroxylation is 1. The van der Waals surface area contributed by atoms with Crippen LogP contribution in [0.5, 0.6) is 5.75 Å². The Labute approximate surface area is 114 Å². The largest absolute Gasteiger partial charge is 0.496 e. The van der Waals surface area contributed by atoms with Crippen LogP contribution < -0.4 is 10.5 Å². The van der Waals surface area contributed by atoms with Gasteiger partial charge in [0.15, 0.2) is 0 Å². The molecule has 1 aromatic carbocycles. The standard InChI is InChI=1S/C11H14N6OS/c1-17-11(14-15-16-17)19-6-7-3-4-8(10(12)13)9(5-7)18-2/h3-5H,6H2,1-2H3,(H3,12,13). The van der Waals surface area contributed by atoms with Crippen LogP contribution in [0, 0.1) is 5.41 Å². The van der Waals surface area contributed by atoms with Gasteiger partial charge in [-0.1, -0.05) is 17.8 Å². The molecular formula is C11H14N6OS. The molecule has 0 aliphatic rings. The summed E-state index contributed by atoms with van der Waals surface area (Å²) in [7, 11) is 3.35. The van der Waals surface area contributed by atoms with Gasteiger partial charge in [0.2, 0.25) is 5.16 Å². The summed E-state index contributed by atoms with van der Waals surface area (Å²) in [5.41, 5.74) is 7.12. The molecule has 0 saturated carbocycles. The second-order valence-corrected chi connectivity index (χ2v) is 4.76. The normalized spacial score (nSPS) is 10.4. The molecular weight excluding hydrogens is 264 g/mol. The Balaban J connectivity index is 2.13. The molecule has 0 saturated heterocycles. The SMILES string of the molecule is COc1cc(CSc2nnnn2C)ccc1C(=N)N. The molecule has 0 spiro atoms. The molecule has 19 heavy (non-hydrogen) atoms. The smallest absolute Gasteiger partial charge is 0.209 e. The Morgan fingerprint density at radius 2 is 2.32 bits per heavy atom. The van der Waals surface area contributed by atoms with Gasteiger partial charge in [-0.05, 0) is 28.1 Å². The van der Waals surface area contributed by atoms with Crippen molar-refractivity contribution in [3.8, 4) is 5.75 Å². The van der Waals surface area contributed by atoms with Gasteiger partial charge in [-0.2, -0.15) is 0 Å². The second-order valence-electron chi connectivity index (χ2n) is 3.82. The maximum atomic E-state index is 7.46. The number of hydrogen-bond acceptors (Lipinski definition) is 6. The van der Waals surface area contributed by atoms with Crippen molar-refractivity contribution in [1.29, 1.82) is 5.41 Å². The highest BCUT2D eigenvalue weighted by molar-refractivity contribution is 7.98. The van der Waals surface area contributed by atoms with E-state index in [0.29, 0.717) is 17.1 Å². The van der Waals surface area contributed by atoms with E-state index < -0.39 is 0 Å². The van der Waals surface area contributed by atoms with Gasteiger partial charge < -0.3 is 10.5 Å². The topological polar surface area (TPSA) is 103 Å². The molecule has 0 unspecified atom stereocenters. The van der Waals surface area contributed by atoms with Crippen molar-refractivity contribution < 1.29 is 4.74 Å². The molecule has 0 fully saturated rings. The van der Waals surface area contributed by atoms with E-state index in [9.17, 15) is 0 Å². The lowest BCUT2D eigenvalue weighted by atomic mass is 10.1. The van der Waals surface area contributed by atoms with Crippen LogP contribution in [0.25, 0.3) is 0 Å². The highest BCUT2D eigenvalue weighted by Gasteiger charge is 2.08. The maximum absolute atomic E-state index is 7.46. The van der Waals surface area contributed by atoms with E-state index >= 15 is 0 Å². The lowest BCUT2D eigenvalue weighted by Crippen LogP contribution is -2.12. The van der Waals surface area contributed by atoms with E-state index in [2.05, 4.69) is 15.5 Å². The number of hydrogen-bond donors (Lipinski definition) is 2. The summed E-state index contributed by atoms with van der Waals surface area (Å²) >= 11 is 1.53. The summed E-state index contributed by atoms with van der Waals surface area (Å²) < 4.78 is 6.85. The van der Waals surface area contributed by atoms with Crippen molar-refractivity contribution in [2.75, 3.05) is 7.11 Å². The molecule has 100 valence electrons. The van der Waals surface area contributed by atoms with E-state index in [4.69, 9.17) is 15.9 Å². The fourth-order valence-electron chi connectivity index (χ4n) is 1.54. The van der Waals surface area contributed by atoms with Gasteiger partial charge >= 0.3 is 0 Å². The van der Waals surface area contributed by atoms with Gasteiger partial charge in [-0.25, -0.2) is 4.68 Å². The minimum atomic E-state index is -0.00597. The van der Waals surface area contributed by atoms with Crippen LogP contribution in [0.1, 0.15) is 11.1 Å². The minimum absolute atomic E-state index is 0.00597. The first kappa shape index (κ1) is 13.3. The van der Waals surface area contributed by atoms with Crippen molar-refractivity contribution >= 4 is 17.6 Å². The molecule has 0 bridgehead atoms. The number of thioether (sulfide) groups is 1. The number of amidine groups is 1. The van der Waals surface area contributed by atoms with Crippen molar-refractivity contribution in [1.82, 2.24) is 20.2 Å². The number of nitrogens with zero attached hydrogens (tertiary/aromatic N) is 4. The maximum Gasteiger partial charge on any atom is 0.209 e. The summed E-state index contributed by atoms with van der Waals surface area (Å²) in [5, 5.41) is 19.4. The second kappa shape index (κ2) is 5.70. The Hall–Kier alpha value is -2.09. The molecule has 8 heteroatoms. The van der Waals surface area contributed by atoms with Gasteiger partial charge in [0.1, 0.15) is 11.6 Å². The molecule has 0 aliphatic carbocycles. The fourth-order valence-corrected chi connectivity index (χ4v) is 2.33. The van der Waals surface area contributed by atoms with Crippen LogP contribution in [0.3, 0.4) is 0 Å². The summed E-state index contributed by atoms with van der Waals surface area (Å²) in [6.07, 6.45) is 0. The monoisotopic (exact) mass is 278 g/mol. The third-order valence-corrected chi connectivity index (χ3v) is 3.59. The molecule has 0 atom stereocenters. The quantitative estimate of drug-likeness (QED) is 0.476. The van der Waals surface area contributed by atoms with E-state index in [1.54, 1.807) is 24.9 Å². The molecule has 0 aliphatic heterocycles. The van der Waals surface area contributed by atoms with Crippen LogP contribution in [0.15, 0.2) is 23.4 Å². The number of methoxy groups -OCH3 is 1. The number of ether oxygens (including phenoxy) is 1. The van der Waals surface area contributed by atoms with Gasteiger partial charge in [0, 0.05) is 12.8 Å². The first-order valence-corrected chi connectivity index (χ1v) is 6.47. The first-order valence-electron chi connectivity index (χ1n) is 5.48. The van der Waals surface area contributed by atoms with E-state index in [0.717, 1.165) is 10.7 Å². The lowest BCUT2D eigenvalue weighted by molar-refractivity contribution is 0.413. The van der Waals surface area contributed by atoms with Crippen LogP contribution >= 0.6 is 11.8 Å². The number of nitrogens with two attached hydrogens (primary N) is 1. The average molecular weight is 278 g/mol. The summed E-state index contributed by atoms with van der Waals surface area (Å²) in [5.74, 6) is 1.30. The van der Waals surface area contributed by atoms with Crippen molar-refractivity contribution in [3.05, 3.63) is 29.3 Å².